The number of ether oxygens (including phenoxy) is 2. The number of alkyl halides is 6. The van der Waals surface area contributed by atoms with Crippen LogP contribution in [0.25, 0.3) is 33.3 Å². The first kappa shape index (κ1) is 42.4. The van der Waals surface area contributed by atoms with Crippen molar-refractivity contribution >= 4 is 51.1 Å². The third kappa shape index (κ3) is 7.39. The van der Waals surface area contributed by atoms with Crippen LogP contribution in [0.2, 0.25) is 0 Å². The summed E-state index contributed by atoms with van der Waals surface area (Å²) in [6, 6.07) is 6.80. The summed E-state index contributed by atoms with van der Waals surface area (Å²) in [6.45, 7) is 10.5. The summed E-state index contributed by atoms with van der Waals surface area (Å²) < 4.78 is 93.2. The summed E-state index contributed by atoms with van der Waals surface area (Å²) in [5.41, 5.74) is 5.15. The molecule has 60 heavy (non-hydrogen) atoms. The van der Waals surface area contributed by atoms with Gasteiger partial charge in [0.1, 0.15) is 0 Å². The number of rotatable bonds is 8. The third-order valence-corrected chi connectivity index (χ3v) is 11.9. The van der Waals surface area contributed by atoms with Crippen molar-refractivity contribution in [2.75, 3.05) is 14.2 Å². The molecule has 7 rings (SSSR count). The second-order valence-corrected chi connectivity index (χ2v) is 15.5. The van der Waals surface area contributed by atoms with Gasteiger partial charge >= 0.3 is 18.3 Å². The van der Waals surface area contributed by atoms with E-state index < -0.39 is 59.9 Å². The number of aromatic amines is 2. The second kappa shape index (κ2) is 15.4. The van der Waals surface area contributed by atoms with Gasteiger partial charge in [-0.15, -0.1) is 0 Å². The molecule has 1 aromatic carbocycles. The molecule has 8 bridgehead atoms. The molecular formula is C44H43F6N5O5. The first-order valence-corrected chi connectivity index (χ1v) is 19.4. The van der Waals surface area contributed by atoms with Crippen molar-refractivity contribution in [3.05, 3.63) is 104 Å². The van der Waals surface area contributed by atoms with Crippen LogP contribution in [0.1, 0.15) is 143 Å². The molecule has 2 N–H and O–H groups in total. The maximum absolute atomic E-state index is 14.2. The van der Waals surface area contributed by atoms with Gasteiger partial charge in [0.05, 0.1) is 70.4 Å². The van der Waals surface area contributed by atoms with E-state index in [-0.39, 0.29) is 29.5 Å². The first-order chi connectivity index (χ1) is 28.1. The van der Waals surface area contributed by atoms with Crippen molar-refractivity contribution in [1.29, 1.82) is 0 Å². The van der Waals surface area contributed by atoms with E-state index in [9.17, 15) is 40.7 Å². The molecule has 0 saturated carbocycles. The van der Waals surface area contributed by atoms with Crippen molar-refractivity contribution in [3.8, 4) is 0 Å². The molecule has 316 valence electrons. The van der Waals surface area contributed by atoms with Gasteiger partial charge in [-0.05, 0) is 105 Å². The van der Waals surface area contributed by atoms with Crippen LogP contribution in [-0.2, 0) is 33.2 Å². The highest BCUT2D eigenvalue weighted by atomic mass is 19.4. The zero-order chi connectivity index (χ0) is 43.7. The quantitative estimate of drug-likeness (QED) is 0.131. The Morgan fingerprint density at radius 1 is 0.850 bits per heavy atom. The Morgan fingerprint density at radius 3 is 2.08 bits per heavy atom. The van der Waals surface area contributed by atoms with Gasteiger partial charge in [-0.25, -0.2) is 9.97 Å². The van der Waals surface area contributed by atoms with E-state index in [0.29, 0.717) is 92.4 Å². The number of benzene rings is 1. The normalized spacial score (nSPS) is 18.1. The van der Waals surface area contributed by atoms with Crippen LogP contribution in [-0.4, -0.2) is 62.9 Å². The van der Waals surface area contributed by atoms with Crippen LogP contribution in [0.15, 0.2) is 36.4 Å². The maximum Gasteiger partial charge on any atom is 0.416 e. The summed E-state index contributed by atoms with van der Waals surface area (Å²) in [5, 5.41) is 0. The van der Waals surface area contributed by atoms with Gasteiger partial charge in [0, 0.05) is 47.8 Å². The number of carbonyl (C=O) groups excluding carboxylic acids is 3. The topological polar surface area (TPSA) is 130 Å². The molecule has 3 atom stereocenters. The van der Waals surface area contributed by atoms with Crippen LogP contribution in [0.4, 0.5) is 26.3 Å². The van der Waals surface area contributed by atoms with Gasteiger partial charge in [0.25, 0.3) is 11.8 Å². The molecule has 0 fully saturated rings. The average molecular weight is 836 g/mol. The van der Waals surface area contributed by atoms with E-state index >= 15 is 0 Å². The molecule has 2 amide bonds. The highest BCUT2D eigenvalue weighted by molar-refractivity contribution is 6.23. The van der Waals surface area contributed by atoms with Crippen molar-refractivity contribution in [2.24, 2.45) is 0 Å². The van der Waals surface area contributed by atoms with Crippen LogP contribution in [0, 0.1) is 6.92 Å². The summed E-state index contributed by atoms with van der Waals surface area (Å²) in [6.07, 6.45) is -9.98. The lowest BCUT2D eigenvalue weighted by Crippen LogP contribution is -2.37. The van der Waals surface area contributed by atoms with E-state index in [0.717, 1.165) is 16.0 Å². The number of hydrogen-bond acceptors (Lipinski definition) is 7. The molecule has 4 aliphatic heterocycles. The second-order valence-electron chi connectivity index (χ2n) is 15.5. The van der Waals surface area contributed by atoms with E-state index in [2.05, 4.69) is 9.97 Å². The number of carbonyl (C=O) groups is 3. The lowest BCUT2D eigenvalue weighted by atomic mass is 9.84. The molecule has 0 aliphatic carbocycles. The number of esters is 1. The van der Waals surface area contributed by atoms with Gasteiger partial charge in [-0.1, -0.05) is 13.8 Å². The van der Waals surface area contributed by atoms with Crippen molar-refractivity contribution < 1.29 is 50.2 Å². The first-order valence-electron chi connectivity index (χ1n) is 19.4. The molecule has 2 aromatic heterocycles. The zero-order valence-electron chi connectivity index (χ0n) is 34.2. The van der Waals surface area contributed by atoms with Crippen LogP contribution >= 0.6 is 0 Å². The summed E-state index contributed by atoms with van der Waals surface area (Å²) in [4.78, 5) is 58.3. The SMILES string of the molecule is CCC1=C(C)c2cc3nc(cc4[nH]c(c5c6[nH]c(cc1n2)c(C)c6C(=O)N(C)C5=O)[C@@H](CCC(=O)OC)[C@@H]4C)C(C)=C3C(C)OCc1cc(C(F)(F)F)cc(C(F)(F)F)c1. The van der Waals surface area contributed by atoms with E-state index in [4.69, 9.17) is 19.4 Å². The van der Waals surface area contributed by atoms with Crippen LogP contribution in [0.3, 0.4) is 0 Å². The Hall–Kier alpha value is -5.77. The number of halogens is 6. The van der Waals surface area contributed by atoms with E-state index in [1.165, 1.54) is 14.2 Å². The Morgan fingerprint density at radius 2 is 1.47 bits per heavy atom. The molecule has 16 heteroatoms. The molecular weight excluding hydrogens is 793 g/mol. The number of fused-ring (bicyclic) bond motifs is 8. The largest absolute Gasteiger partial charge is 0.469 e. The highest BCUT2D eigenvalue weighted by Gasteiger charge is 2.40. The minimum atomic E-state index is -5.02. The van der Waals surface area contributed by atoms with Gasteiger partial charge in [0.2, 0.25) is 0 Å². The number of imide groups is 1. The Kier molecular flexibility index (Phi) is 10.8. The van der Waals surface area contributed by atoms with Gasteiger partial charge in [-0.3, -0.25) is 19.3 Å². The predicted octanol–water partition coefficient (Wildman–Crippen LogP) is 10.3. The van der Waals surface area contributed by atoms with Gasteiger partial charge in [0.15, 0.2) is 0 Å². The number of aromatic nitrogens is 4. The van der Waals surface area contributed by atoms with Crippen molar-refractivity contribution in [2.45, 2.75) is 97.7 Å². The standard InChI is InChI=1S/C44H43F6N5O5/c1-9-27-19(2)29-17-34-36(23(6)60-18-24-12-25(43(45,46)47)14-26(13-24)44(48,49)50)21(4)31(52-34)15-30-20(3)28(10-11-35(56)59-8)39(53-30)38-40-37(41(57)55(7)42(38)58)22(5)32(54-40)16-33(27)51-29/h12-17,20,23,28,53-54H,9-11,18H2,1-8H3/t20-,23?,28-/m0/s1. The minimum Gasteiger partial charge on any atom is -0.469 e. The summed E-state index contributed by atoms with van der Waals surface area (Å²) >= 11 is 0. The van der Waals surface area contributed by atoms with Crippen LogP contribution in [0.5, 0.6) is 0 Å². The summed E-state index contributed by atoms with van der Waals surface area (Å²) in [7, 11) is 2.72. The lowest BCUT2D eigenvalue weighted by molar-refractivity contribution is -0.143. The fourth-order valence-electron chi connectivity index (χ4n) is 8.53. The molecule has 10 nitrogen and oxygen atoms in total. The molecule has 1 unspecified atom stereocenters. The fraction of sp³-hybridized carbons (Fsp3) is 0.386. The molecule has 4 aliphatic rings. The Labute approximate surface area is 341 Å². The monoisotopic (exact) mass is 835 g/mol. The minimum absolute atomic E-state index is 0.0435. The highest BCUT2D eigenvalue weighted by Crippen LogP contribution is 2.45. The zero-order valence-corrected chi connectivity index (χ0v) is 34.2. The number of nitrogens with one attached hydrogen (secondary N) is 2. The van der Waals surface area contributed by atoms with E-state index in [1.54, 1.807) is 26.8 Å². The number of methoxy groups -OCH3 is 1. The van der Waals surface area contributed by atoms with Crippen molar-refractivity contribution in [1.82, 2.24) is 24.8 Å². The number of hydrogen-bond donors (Lipinski definition) is 2. The molecule has 0 saturated heterocycles. The van der Waals surface area contributed by atoms with Gasteiger partial charge < -0.3 is 19.4 Å². The molecule has 3 aromatic rings. The Balaban J connectivity index is 1.46. The fourth-order valence-corrected chi connectivity index (χ4v) is 8.53. The van der Waals surface area contributed by atoms with Crippen LogP contribution < -0.4 is 0 Å². The molecule has 6 heterocycles. The number of amides is 2. The maximum atomic E-state index is 14.2. The molecule has 0 radical (unpaired) electrons. The smallest absolute Gasteiger partial charge is 0.416 e. The number of H-pyrrole nitrogens is 2. The van der Waals surface area contributed by atoms with Gasteiger partial charge in [-0.2, -0.15) is 26.3 Å². The molecule has 0 spiro atoms. The third-order valence-electron chi connectivity index (χ3n) is 11.9. The number of allylic oxidation sites excluding steroid dienone is 3. The lowest BCUT2D eigenvalue weighted by Gasteiger charge is -2.24. The number of nitrogens with zero attached hydrogens (tertiary/aromatic N) is 3. The average Bonchev–Trinajstić information content (AvgIpc) is 3.87. The van der Waals surface area contributed by atoms with Crippen molar-refractivity contribution in [3.63, 3.8) is 0 Å². The Bertz CT molecular complexity index is 2580. The predicted molar refractivity (Wildman–Crippen MR) is 212 cm³/mol. The van der Waals surface area contributed by atoms with E-state index in [1.807, 2.05) is 32.9 Å². The summed E-state index contributed by atoms with van der Waals surface area (Å²) in [5.74, 6) is -2.16. The number of aryl methyl sites for hydroxylation is 1.